The van der Waals surface area contributed by atoms with Crippen molar-refractivity contribution in [3.63, 3.8) is 0 Å². The van der Waals surface area contributed by atoms with Crippen molar-refractivity contribution in [1.29, 1.82) is 0 Å². The topological polar surface area (TPSA) is 105 Å². The minimum Gasteiger partial charge on any atom is -0.469 e. The van der Waals surface area contributed by atoms with Crippen LogP contribution < -0.4 is 11.5 Å². The fourth-order valence-corrected chi connectivity index (χ4v) is 1.46. The van der Waals surface area contributed by atoms with Crippen LogP contribution in [-0.4, -0.2) is 25.7 Å². The van der Waals surface area contributed by atoms with Crippen LogP contribution in [0.25, 0.3) is 0 Å². The fraction of sp³-hybridized carbons (Fsp3) is 0.385. The number of anilines is 2. The van der Waals surface area contributed by atoms with Gasteiger partial charge >= 0.3 is 11.9 Å². The maximum atomic E-state index is 11.8. The number of hydrogen-bond donors (Lipinski definition) is 2. The van der Waals surface area contributed by atoms with Crippen molar-refractivity contribution < 1.29 is 19.1 Å². The monoisotopic (exact) mass is 266 g/mol. The number of carbonyl (C=O) groups is 2. The largest absolute Gasteiger partial charge is 0.469 e. The standard InChI is InChI=1S/C13H18N2O4/c1-13(2,12(17)18-3)7-19-11(16)8-4-9(14)6-10(15)5-8/h4-6H,7,14-15H2,1-3H3. The van der Waals surface area contributed by atoms with Gasteiger partial charge in [-0.05, 0) is 32.0 Å². The number of esters is 2. The van der Waals surface area contributed by atoms with E-state index < -0.39 is 17.4 Å². The molecule has 1 aromatic rings. The van der Waals surface area contributed by atoms with Crippen molar-refractivity contribution in [2.24, 2.45) is 5.41 Å². The Bertz CT molecular complexity index is 477. The van der Waals surface area contributed by atoms with E-state index in [9.17, 15) is 9.59 Å². The summed E-state index contributed by atoms with van der Waals surface area (Å²) < 4.78 is 9.70. The second-order valence-electron chi connectivity index (χ2n) is 4.84. The normalized spacial score (nSPS) is 10.9. The lowest BCUT2D eigenvalue weighted by Gasteiger charge is -2.20. The third-order valence-electron chi connectivity index (χ3n) is 2.52. The van der Waals surface area contributed by atoms with Gasteiger partial charge in [-0.1, -0.05) is 0 Å². The molecule has 0 aliphatic rings. The summed E-state index contributed by atoms with van der Waals surface area (Å²) in [6.07, 6.45) is 0. The molecule has 0 saturated carbocycles. The Morgan fingerprint density at radius 3 is 2.16 bits per heavy atom. The van der Waals surface area contributed by atoms with E-state index >= 15 is 0 Å². The Balaban J connectivity index is 2.73. The maximum absolute atomic E-state index is 11.8. The molecule has 0 radical (unpaired) electrons. The molecule has 0 heterocycles. The molecule has 0 unspecified atom stereocenters. The fourth-order valence-electron chi connectivity index (χ4n) is 1.46. The number of nitrogens with two attached hydrogens (primary N) is 2. The van der Waals surface area contributed by atoms with Crippen molar-refractivity contribution in [2.75, 3.05) is 25.2 Å². The predicted octanol–water partition coefficient (Wildman–Crippen LogP) is 1.21. The minimum absolute atomic E-state index is 0.0901. The first kappa shape index (κ1) is 14.8. The van der Waals surface area contributed by atoms with Gasteiger partial charge in [0.25, 0.3) is 0 Å². The van der Waals surface area contributed by atoms with Crippen LogP contribution in [0.5, 0.6) is 0 Å². The lowest BCUT2D eigenvalue weighted by atomic mass is 9.95. The van der Waals surface area contributed by atoms with Crippen LogP contribution in [0.4, 0.5) is 11.4 Å². The van der Waals surface area contributed by atoms with Gasteiger partial charge in [0.2, 0.25) is 0 Å². The molecular formula is C13H18N2O4. The van der Waals surface area contributed by atoms with E-state index in [4.69, 9.17) is 16.2 Å². The molecule has 0 bridgehead atoms. The van der Waals surface area contributed by atoms with Crippen LogP contribution in [0.15, 0.2) is 18.2 Å². The van der Waals surface area contributed by atoms with Crippen molar-refractivity contribution in [3.8, 4) is 0 Å². The summed E-state index contributed by atoms with van der Waals surface area (Å²) in [5.41, 5.74) is 11.3. The average Bonchev–Trinajstić information content (AvgIpc) is 2.33. The van der Waals surface area contributed by atoms with Crippen molar-refractivity contribution in [1.82, 2.24) is 0 Å². The summed E-state index contributed by atoms with van der Waals surface area (Å²) in [7, 11) is 1.28. The zero-order chi connectivity index (χ0) is 14.6. The average molecular weight is 266 g/mol. The molecule has 6 heteroatoms. The lowest BCUT2D eigenvalue weighted by Crippen LogP contribution is -2.32. The molecular weight excluding hydrogens is 248 g/mol. The Morgan fingerprint density at radius 1 is 1.16 bits per heavy atom. The third-order valence-corrected chi connectivity index (χ3v) is 2.52. The summed E-state index contributed by atoms with van der Waals surface area (Å²) in [5.74, 6) is -1.04. The molecule has 1 aromatic carbocycles. The highest BCUT2D eigenvalue weighted by atomic mass is 16.5. The zero-order valence-corrected chi connectivity index (χ0v) is 11.2. The zero-order valence-electron chi connectivity index (χ0n) is 11.2. The molecule has 0 aliphatic heterocycles. The molecule has 0 saturated heterocycles. The lowest BCUT2D eigenvalue weighted by molar-refractivity contribution is -0.152. The van der Waals surface area contributed by atoms with Gasteiger partial charge in [-0.25, -0.2) is 4.79 Å². The van der Waals surface area contributed by atoms with E-state index in [1.165, 1.54) is 25.3 Å². The molecule has 0 spiro atoms. The molecule has 4 N–H and O–H groups in total. The first-order valence-corrected chi connectivity index (χ1v) is 5.68. The number of nitrogen functional groups attached to an aromatic ring is 2. The maximum Gasteiger partial charge on any atom is 0.338 e. The first-order chi connectivity index (χ1) is 8.76. The van der Waals surface area contributed by atoms with Crippen LogP contribution in [0.1, 0.15) is 24.2 Å². The molecule has 1 rings (SSSR count). The van der Waals surface area contributed by atoms with Gasteiger partial charge in [0.15, 0.2) is 0 Å². The van der Waals surface area contributed by atoms with Gasteiger partial charge < -0.3 is 20.9 Å². The van der Waals surface area contributed by atoms with Crippen molar-refractivity contribution in [3.05, 3.63) is 23.8 Å². The van der Waals surface area contributed by atoms with Gasteiger partial charge in [-0.15, -0.1) is 0 Å². The van der Waals surface area contributed by atoms with E-state index in [0.29, 0.717) is 11.4 Å². The minimum atomic E-state index is -0.906. The van der Waals surface area contributed by atoms with Crippen LogP contribution in [0.3, 0.4) is 0 Å². The summed E-state index contributed by atoms with van der Waals surface area (Å²) in [6, 6.07) is 4.46. The van der Waals surface area contributed by atoms with Crippen molar-refractivity contribution >= 4 is 23.3 Å². The number of rotatable bonds is 4. The summed E-state index contributed by atoms with van der Waals surface area (Å²) >= 11 is 0. The quantitative estimate of drug-likeness (QED) is 0.627. The molecule has 0 amide bonds. The molecule has 19 heavy (non-hydrogen) atoms. The highest BCUT2D eigenvalue weighted by molar-refractivity contribution is 5.92. The number of carbonyl (C=O) groups excluding carboxylic acids is 2. The van der Waals surface area contributed by atoms with Gasteiger partial charge in [-0.2, -0.15) is 0 Å². The van der Waals surface area contributed by atoms with E-state index in [1.54, 1.807) is 13.8 Å². The molecule has 6 nitrogen and oxygen atoms in total. The SMILES string of the molecule is COC(=O)C(C)(C)COC(=O)c1cc(N)cc(N)c1. The van der Waals surface area contributed by atoms with E-state index in [1.807, 2.05) is 0 Å². The Labute approximate surface area is 111 Å². The van der Waals surface area contributed by atoms with Crippen LogP contribution in [0, 0.1) is 5.41 Å². The van der Waals surface area contributed by atoms with E-state index in [-0.39, 0.29) is 12.2 Å². The second kappa shape index (κ2) is 5.60. The molecule has 0 atom stereocenters. The van der Waals surface area contributed by atoms with Crippen molar-refractivity contribution in [2.45, 2.75) is 13.8 Å². The van der Waals surface area contributed by atoms with Gasteiger partial charge in [0.1, 0.15) is 6.61 Å². The number of benzene rings is 1. The first-order valence-electron chi connectivity index (χ1n) is 5.68. The number of ether oxygens (including phenoxy) is 2. The number of hydrogen-bond acceptors (Lipinski definition) is 6. The highest BCUT2D eigenvalue weighted by Gasteiger charge is 2.30. The third kappa shape index (κ3) is 3.87. The number of methoxy groups -OCH3 is 1. The van der Waals surface area contributed by atoms with Crippen LogP contribution >= 0.6 is 0 Å². The summed E-state index contributed by atoms with van der Waals surface area (Å²) in [4.78, 5) is 23.3. The Kier molecular flexibility index (Phi) is 4.37. The van der Waals surface area contributed by atoms with Gasteiger partial charge in [-0.3, -0.25) is 4.79 Å². The Hall–Kier alpha value is -2.24. The Morgan fingerprint density at radius 2 is 1.68 bits per heavy atom. The van der Waals surface area contributed by atoms with Gasteiger partial charge in [0, 0.05) is 11.4 Å². The van der Waals surface area contributed by atoms with Crippen LogP contribution in [-0.2, 0) is 14.3 Å². The smallest absolute Gasteiger partial charge is 0.338 e. The molecule has 104 valence electrons. The van der Waals surface area contributed by atoms with Gasteiger partial charge in [0.05, 0.1) is 18.1 Å². The molecule has 0 aromatic heterocycles. The summed E-state index contributed by atoms with van der Waals surface area (Å²) in [6.45, 7) is 3.16. The second-order valence-corrected chi connectivity index (χ2v) is 4.84. The van der Waals surface area contributed by atoms with Crippen LogP contribution in [0.2, 0.25) is 0 Å². The summed E-state index contributed by atoms with van der Waals surface area (Å²) in [5, 5.41) is 0. The van der Waals surface area contributed by atoms with E-state index in [2.05, 4.69) is 4.74 Å². The molecule has 0 fully saturated rings. The predicted molar refractivity (Wildman–Crippen MR) is 71.3 cm³/mol. The highest BCUT2D eigenvalue weighted by Crippen LogP contribution is 2.19. The molecule has 0 aliphatic carbocycles. The van der Waals surface area contributed by atoms with E-state index in [0.717, 1.165) is 0 Å².